The molecule has 3 heteroatoms. The predicted molar refractivity (Wildman–Crippen MR) is 72.9 cm³/mol. The van der Waals surface area contributed by atoms with Gasteiger partial charge in [-0.3, -0.25) is 0 Å². The summed E-state index contributed by atoms with van der Waals surface area (Å²) in [5.74, 6) is 0.0793. The minimum absolute atomic E-state index is 0.0169. The van der Waals surface area contributed by atoms with E-state index in [-0.39, 0.29) is 11.3 Å². The topological polar surface area (TPSA) is 41.8 Å². The molecule has 0 unspecified atom stereocenters. The average Bonchev–Trinajstić information content (AvgIpc) is 2.32. The molecule has 0 aliphatic rings. The van der Waals surface area contributed by atoms with Gasteiger partial charge in [0.15, 0.2) is 0 Å². The molecule has 0 aromatic rings. The lowest BCUT2D eigenvalue weighted by Crippen LogP contribution is -2.13. The van der Waals surface area contributed by atoms with Crippen molar-refractivity contribution in [2.75, 3.05) is 0 Å². The van der Waals surface area contributed by atoms with Crippen molar-refractivity contribution in [1.82, 2.24) is 0 Å². The number of rotatable bonds is 7. The Morgan fingerprint density at radius 1 is 1.35 bits per heavy atom. The van der Waals surface area contributed by atoms with Crippen LogP contribution in [0.15, 0.2) is 42.1 Å². The van der Waals surface area contributed by atoms with Crippen LogP contribution in [0.3, 0.4) is 0 Å². The fourth-order valence-electron chi connectivity index (χ4n) is 1.51. The van der Waals surface area contributed by atoms with Crippen molar-refractivity contribution < 1.29 is 10.1 Å². The van der Waals surface area contributed by atoms with Crippen LogP contribution < -0.4 is 0 Å². The molecule has 0 rings (SSSR count). The lowest BCUT2D eigenvalue weighted by molar-refractivity contribution is -0.153. The van der Waals surface area contributed by atoms with Crippen LogP contribution in [0.25, 0.3) is 0 Å². The summed E-state index contributed by atoms with van der Waals surface area (Å²) in [5, 5.41) is 8.50. The van der Waals surface area contributed by atoms with Crippen LogP contribution in [0.5, 0.6) is 0 Å². The molecule has 0 radical (unpaired) electrons. The van der Waals surface area contributed by atoms with Crippen molar-refractivity contribution in [2.24, 2.45) is 10.4 Å². The van der Waals surface area contributed by atoms with Crippen LogP contribution in [0.1, 0.15) is 40.0 Å². The molecular weight excluding hydrogens is 214 g/mol. The van der Waals surface area contributed by atoms with Gasteiger partial charge in [-0.05, 0) is 23.5 Å². The van der Waals surface area contributed by atoms with Gasteiger partial charge >= 0.3 is 0 Å². The van der Waals surface area contributed by atoms with Crippen LogP contribution in [0, 0.1) is 5.41 Å². The van der Waals surface area contributed by atoms with Gasteiger partial charge < -0.3 is 4.89 Å². The molecule has 0 aromatic carbocycles. The maximum absolute atomic E-state index is 8.50. The Balaban J connectivity index is 4.92. The first-order valence-electron chi connectivity index (χ1n) is 5.86. The van der Waals surface area contributed by atoms with E-state index in [1.54, 1.807) is 12.3 Å². The van der Waals surface area contributed by atoms with Crippen molar-refractivity contribution >= 4 is 5.90 Å². The third kappa shape index (κ3) is 5.50. The summed E-state index contributed by atoms with van der Waals surface area (Å²) in [6.07, 6.45) is 8.19. The molecule has 0 amide bonds. The monoisotopic (exact) mass is 237 g/mol. The Morgan fingerprint density at radius 2 is 2.00 bits per heavy atom. The first-order chi connectivity index (χ1) is 8.01. The number of nitrogens with zero attached hydrogens (tertiary/aromatic N) is 1. The fraction of sp³-hybridized carbons (Fsp3) is 0.500. The zero-order chi connectivity index (χ0) is 13.3. The van der Waals surface area contributed by atoms with E-state index >= 15 is 0 Å². The van der Waals surface area contributed by atoms with Gasteiger partial charge in [-0.1, -0.05) is 52.8 Å². The molecule has 0 saturated carbocycles. The molecule has 17 heavy (non-hydrogen) atoms. The maximum atomic E-state index is 8.50. The van der Waals surface area contributed by atoms with Gasteiger partial charge in [0, 0.05) is 6.20 Å². The Kier molecular flexibility index (Phi) is 7.22. The van der Waals surface area contributed by atoms with E-state index in [9.17, 15) is 0 Å². The summed E-state index contributed by atoms with van der Waals surface area (Å²) in [6.45, 7) is 13.7. The number of aliphatic imine (C=N–C) groups is 1. The molecule has 0 aliphatic heterocycles. The Hall–Kier alpha value is -1.35. The van der Waals surface area contributed by atoms with Gasteiger partial charge in [0.2, 0.25) is 0 Å². The van der Waals surface area contributed by atoms with E-state index in [2.05, 4.69) is 43.8 Å². The second kappa shape index (κ2) is 7.85. The summed E-state index contributed by atoms with van der Waals surface area (Å²) in [6, 6.07) is 0. The fourth-order valence-corrected chi connectivity index (χ4v) is 1.51. The van der Waals surface area contributed by atoms with E-state index in [0.717, 1.165) is 24.8 Å². The molecule has 3 nitrogen and oxygen atoms in total. The first-order valence-corrected chi connectivity index (χ1v) is 5.86. The van der Waals surface area contributed by atoms with Crippen molar-refractivity contribution in [3.63, 3.8) is 0 Å². The molecule has 0 spiro atoms. The summed E-state index contributed by atoms with van der Waals surface area (Å²) >= 11 is 0. The van der Waals surface area contributed by atoms with Crippen molar-refractivity contribution in [3.8, 4) is 0 Å². The van der Waals surface area contributed by atoms with Gasteiger partial charge in [-0.15, -0.1) is 0 Å². The van der Waals surface area contributed by atoms with Crippen molar-refractivity contribution in [3.05, 3.63) is 37.1 Å². The zero-order valence-electron chi connectivity index (χ0n) is 11.1. The number of hydrogen-bond donors (Lipinski definition) is 1. The quantitative estimate of drug-likeness (QED) is 0.235. The minimum Gasteiger partial charge on any atom is -0.320 e. The second-order valence-electron chi connectivity index (χ2n) is 4.54. The average molecular weight is 237 g/mol. The molecule has 0 saturated heterocycles. The summed E-state index contributed by atoms with van der Waals surface area (Å²) < 4.78 is 0. The van der Waals surface area contributed by atoms with E-state index in [0.29, 0.717) is 0 Å². The Labute approximate surface area is 104 Å². The van der Waals surface area contributed by atoms with Gasteiger partial charge in [0.05, 0.1) is 0 Å². The van der Waals surface area contributed by atoms with Gasteiger partial charge in [0.1, 0.15) is 0 Å². The first kappa shape index (κ1) is 15.7. The van der Waals surface area contributed by atoms with Crippen LogP contribution in [0.4, 0.5) is 0 Å². The van der Waals surface area contributed by atoms with Crippen LogP contribution in [-0.4, -0.2) is 11.2 Å². The molecule has 0 aromatic heterocycles. The third-order valence-electron chi connectivity index (χ3n) is 2.76. The van der Waals surface area contributed by atoms with E-state index < -0.39 is 0 Å². The third-order valence-corrected chi connectivity index (χ3v) is 2.76. The van der Waals surface area contributed by atoms with Crippen LogP contribution in [-0.2, 0) is 4.89 Å². The number of unbranched alkanes of at least 4 members (excludes halogenated alkanes) is 1. The zero-order valence-corrected chi connectivity index (χ0v) is 11.1. The summed E-state index contributed by atoms with van der Waals surface area (Å²) in [7, 11) is 0. The maximum Gasteiger partial charge on any atom is 0.255 e. The van der Waals surface area contributed by atoms with E-state index in [1.807, 2.05) is 0 Å². The Morgan fingerprint density at radius 3 is 2.41 bits per heavy atom. The molecule has 0 fully saturated rings. The largest absolute Gasteiger partial charge is 0.320 e. The minimum atomic E-state index is 0.0169. The van der Waals surface area contributed by atoms with E-state index in [1.165, 1.54) is 6.08 Å². The summed E-state index contributed by atoms with van der Waals surface area (Å²) in [4.78, 5) is 8.04. The summed E-state index contributed by atoms with van der Waals surface area (Å²) in [5.41, 5.74) is 1.03. The second-order valence-corrected chi connectivity index (χ2v) is 4.54. The molecule has 96 valence electrons. The highest BCUT2D eigenvalue weighted by Crippen LogP contribution is 2.32. The lowest BCUT2D eigenvalue weighted by atomic mass is 9.80. The standard InChI is InChI=1S/C14H23NO2/c1-6-9-10-14(4,5)12(7-2)11-15-13(8-3)17-16/h7-8,11,16H,2-3,6,9-10H2,1,4-5H3/b12-11+,15-13?. The predicted octanol–water partition coefficient (Wildman–Crippen LogP) is 4.35. The normalized spacial score (nSPS) is 13.4. The van der Waals surface area contributed by atoms with Crippen LogP contribution >= 0.6 is 0 Å². The SMILES string of the molecule is C=CC(=N/C=C(\C=C)C(C)(C)CCCC)OO. The smallest absolute Gasteiger partial charge is 0.255 e. The molecule has 0 aliphatic carbocycles. The molecule has 0 bridgehead atoms. The van der Waals surface area contributed by atoms with Crippen molar-refractivity contribution in [2.45, 2.75) is 40.0 Å². The van der Waals surface area contributed by atoms with E-state index in [4.69, 9.17) is 5.26 Å². The molecule has 1 N–H and O–H groups in total. The van der Waals surface area contributed by atoms with Gasteiger partial charge in [-0.2, -0.15) is 0 Å². The lowest BCUT2D eigenvalue weighted by Gasteiger charge is -2.25. The number of allylic oxidation sites excluding steroid dienone is 2. The molecular formula is C14H23NO2. The Bertz CT molecular complexity index is 314. The highest BCUT2D eigenvalue weighted by atomic mass is 17.1. The number of hydrogen-bond acceptors (Lipinski definition) is 3. The van der Waals surface area contributed by atoms with Crippen molar-refractivity contribution in [1.29, 1.82) is 0 Å². The van der Waals surface area contributed by atoms with Gasteiger partial charge in [-0.25, -0.2) is 10.2 Å². The van der Waals surface area contributed by atoms with Crippen LogP contribution in [0.2, 0.25) is 0 Å². The molecule has 0 atom stereocenters. The van der Waals surface area contributed by atoms with Gasteiger partial charge in [0.25, 0.3) is 5.90 Å². The highest BCUT2D eigenvalue weighted by Gasteiger charge is 2.20. The highest BCUT2D eigenvalue weighted by molar-refractivity contribution is 5.86. The molecule has 0 heterocycles.